The smallest absolute Gasteiger partial charge is 0.319 e. The molecule has 0 saturated heterocycles. The summed E-state index contributed by atoms with van der Waals surface area (Å²) in [6, 6.07) is 11.7. The van der Waals surface area contributed by atoms with Gasteiger partial charge in [-0.1, -0.05) is 0 Å². The van der Waals surface area contributed by atoms with Gasteiger partial charge in [0.15, 0.2) is 0 Å². The van der Waals surface area contributed by atoms with Gasteiger partial charge >= 0.3 is 190 Å². The van der Waals surface area contributed by atoms with Crippen LogP contribution in [0.5, 0.6) is 0 Å². The standard InChI is InChI=1S/2C10H21.C6H5.2H3O3PS.Zn/c2*1-3-5-7-9-10-8-6-4-2;1-2-4-6-5-3-1;2*1-4(2,3)5;/h2*1,3-10H2,2H3;1-5H;2*(H3,1,2,3,5);. The van der Waals surface area contributed by atoms with Gasteiger partial charge in [0.2, 0.25) is 0 Å². The van der Waals surface area contributed by atoms with Crippen molar-refractivity contribution in [2.45, 2.75) is 127 Å². The fourth-order valence-corrected chi connectivity index (χ4v) is 13.1. The maximum Gasteiger partial charge on any atom is 0.319 e. The Kier molecular flexibility index (Phi) is 29.3. The van der Waals surface area contributed by atoms with Crippen molar-refractivity contribution in [3.8, 4) is 0 Å². The third kappa shape index (κ3) is 41.5. The van der Waals surface area contributed by atoms with Gasteiger partial charge in [-0.15, -0.1) is 0 Å². The first-order chi connectivity index (χ1) is 17.4. The second-order valence-electron chi connectivity index (χ2n) is 10.0. The fraction of sp³-hybridized carbons (Fsp3) is 0.769. The molecule has 0 bridgehead atoms. The van der Waals surface area contributed by atoms with E-state index in [9.17, 15) is 0 Å². The molecule has 1 aromatic carbocycles. The second kappa shape index (κ2) is 27.1. The van der Waals surface area contributed by atoms with Crippen molar-refractivity contribution in [1.29, 1.82) is 0 Å². The Balaban J connectivity index is 0. The van der Waals surface area contributed by atoms with Crippen LogP contribution >= 0.6 is 13.4 Å². The van der Waals surface area contributed by atoms with Gasteiger partial charge in [0, 0.05) is 0 Å². The Hall–Kier alpha value is 0.903. The van der Waals surface area contributed by atoms with Crippen LogP contribution in [-0.2, 0) is 39.6 Å². The van der Waals surface area contributed by atoms with Crippen molar-refractivity contribution >= 4 is 41.2 Å². The van der Waals surface area contributed by atoms with E-state index in [2.05, 4.69) is 67.8 Å². The van der Waals surface area contributed by atoms with E-state index in [1.807, 2.05) is 0 Å². The Bertz CT molecular complexity index is 647. The third-order valence-electron chi connectivity index (χ3n) is 6.48. The summed E-state index contributed by atoms with van der Waals surface area (Å²) in [6.07, 6.45) is 23.4. The summed E-state index contributed by atoms with van der Waals surface area (Å²) < 4.78 is 1.79. The van der Waals surface area contributed by atoms with E-state index in [1.165, 1.54) is 103 Å². The average molecular weight is 653 g/mol. The largest absolute Gasteiger partial charge is 0.325 e. The molecule has 217 valence electrons. The van der Waals surface area contributed by atoms with Crippen LogP contribution in [0.3, 0.4) is 0 Å². The van der Waals surface area contributed by atoms with E-state index in [1.54, 1.807) is 14.2 Å². The predicted octanol–water partition coefficient (Wildman–Crippen LogP) is 7.42. The van der Waals surface area contributed by atoms with Gasteiger partial charge in [0.1, 0.15) is 0 Å². The van der Waals surface area contributed by atoms with Crippen molar-refractivity contribution in [3.63, 3.8) is 0 Å². The summed E-state index contributed by atoms with van der Waals surface area (Å²) in [6.45, 7) is -2.99. The van der Waals surface area contributed by atoms with Crippen LogP contribution in [0.1, 0.15) is 117 Å². The minimum Gasteiger partial charge on any atom is -0.325 e. The van der Waals surface area contributed by atoms with Crippen LogP contribution < -0.4 is 4.16 Å². The minimum absolute atomic E-state index is 1.37. The molecule has 0 amide bonds. The molecule has 1 aromatic rings. The number of unbranched alkanes of at least 4 members (excludes halogenated alkanes) is 14. The Morgan fingerprint density at radius 1 is 0.514 bits per heavy atom. The minimum atomic E-state index is -3.81. The van der Waals surface area contributed by atoms with Crippen LogP contribution in [0, 0.1) is 0 Å². The van der Waals surface area contributed by atoms with Crippen molar-refractivity contribution in [3.05, 3.63) is 30.3 Å². The van der Waals surface area contributed by atoms with Gasteiger partial charge in [0.05, 0.1) is 0 Å². The number of rotatable bonds is 19. The quantitative estimate of drug-likeness (QED) is 0.0519. The van der Waals surface area contributed by atoms with Crippen molar-refractivity contribution < 1.29 is 45.3 Å². The van der Waals surface area contributed by atoms with Crippen LogP contribution in [0.25, 0.3) is 0 Å². The summed E-state index contributed by atoms with van der Waals surface area (Å²) in [5.41, 5.74) is 0. The maximum absolute atomic E-state index is 7.56. The van der Waals surface area contributed by atoms with Gasteiger partial charge in [-0.05, 0) is 23.6 Å². The molecule has 0 spiro atoms. The van der Waals surface area contributed by atoms with Gasteiger partial charge in [-0.25, -0.2) is 0 Å². The first-order valence-corrected chi connectivity index (χ1v) is 25.2. The van der Waals surface area contributed by atoms with Gasteiger partial charge in [0.25, 0.3) is 0 Å². The SMILES string of the molecule is CCCCCCCCC[CH2][Zn]([CH2]CCCCCCCCC)[c]1ccccc1.OP(O)(O)=S.OP(O)(O)=S. The van der Waals surface area contributed by atoms with Crippen molar-refractivity contribution in [2.24, 2.45) is 0 Å². The summed E-state index contributed by atoms with van der Waals surface area (Å²) >= 11 is 5.71. The first kappa shape index (κ1) is 40.0. The van der Waals surface area contributed by atoms with E-state index >= 15 is 0 Å². The van der Waals surface area contributed by atoms with Crippen LogP contribution in [0.15, 0.2) is 30.3 Å². The molecule has 0 radical (unpaired) electrons. The van der Waals surface area contributed by atoms with E-state index in [4.69, 9.17) is 29.4 Å². The van der Waals surface area contributed by atoms with Crippen molar-refractivity contribution in [2.75, 3.05) is 0 Å². The normalized spacial score (nSPS) is 11.2. The van der Waals surface area contributed by atoms with Gasteiger partial charge in [-0.3, -0.25) is 0 Å². The zero-order valence-corrected chi connectivity index (χ0v) is 29.6. The first-order valence-electron chi connectivity index (χ1n) is 14.2. The Morgan fingerprint density at radius 3 is 1.08 bits per heavy atom. The summed E-state index contributed by atoms with van der Waals surface area (Å²) in [4.78, 5) is 45.3. The Labute approximate surface area is 242 Å². The van der Waals surface area contributed by atoms with Crippen LogP contribution in [0.4, 0.5) is 0 Å². The monoisotopic (exact) mass is 651 g/mol. The molecule has 0 atom stereocenters. The average Bonchev–Trinajstić information content (AvgIpc) is 2.79. The Morgan fingerprint density at radius 2 is 0.784 bits per heavy atom. The number of hydrogen-bond donors (Lipinski definition) is 6. The number of hydrogen-bond acceptors (Lipinski definition) is 2. The van der Waals surface area contributed by atoms with Gasteiger partial charge < -0.3 is 29.4 Å². The molecule has 11 heteroatoms. The van der Waals surface area contributed by atoms with E-state index < -0.39 is 29.4 Å². The molecule has 0 aliphatic rings. The molecule has 0 heterocycles. The van der Waals surface area contributed by atoms with E-state index in [0.717, 1.165) is 0 Å². The summed E-state index contributed by atoms with van der Waals surface area (Å²) in [5.74, 6) is 0. The molecule has 0 unspecified atom stereocenters. The fourth-order valence-electron chi connectivity index (χ4n) is 4.62. The van der Waals surface area contributed by atoms with E-state index in [-0.39, 0.29) is 0 Å². The van der Waals surface area contributed by atoms with E-state index in [0.29, 0.717) is 0 Å². The van der Waals surface area contributed by atoms with Gasteiger partial charge in [-0.2, -0.15) is 0 Å². The molecule has 6 nitrogen and oxygen atoms in total. The summed E-state index contributed by atoms with van der Waals surface area (Å²) in [7, 11) is 0. The van der Waals surface area contributed by atoms with Crippen LogP contribution in [0.2, 0.25) is 10.0 Å². The predicted molar refractivity (Wildman–Crippen MR) is 163 cm³/mol. The summed E-state index contributed by atoms with van der Waals surface area (Å²) in [5, 5.41) is 3.21. The maximum atomic E-state index is 7.56. The molecular formula is C26H53O6P2S2Zn. The molecule has 1 rings (SSSR count). The number of benzene rings is 1. The van der Waals surface area contributed by atoms with Crippen LogP contribution in [-0.4, -0.2) is 29.4 Å². The molecule has 6 N–H and O–H groups in total. The molecule has 0 fully saturated rings. The molecule has 0 aliphatic carbocycles. The third-order valence-corrected chi connectivity index (χ3v) is 15.6. The molecule has 37 heavy (non-hydrogen) atoms. The zero-order valence-electron chi connectivity index (χ0n) is 23.2. The molecule has 0 aliphatic heterocycles. The topological polar surface area (TPSA) is 121 Å². The molecule has 0 saturated carbocycles. The zero-order chi connectivity index (χ0) is 28.4. The second-order valence-corrected chi connectivity index (χ2v) is 23.3. The molecular weight excluding hydrogens is 600 g/mol. The molecule has 0 aromatic heterocycles. The van der Waals surface area contributed by atoms with Crippen molar-refractivity contribution in [1.82, 2.24) is 0 Å².